The molecule has 2 saturated heterocycles. The van der Waals surface area contributed by atoms with Crippen LogP contribution in [0, 0.1) is 29.1 Å². The lowest BCUT2D eigenvalue weighted by Crippen LogP contribution is -2.74. The van der Waals surface area contributed by atoms with Gasteiger partial charge >= 0.3 is 12.1 Å². The van der Waals surface area contributed by atoms with Gasteiger partial charge in [-0.05, 0) is 42.9 Å². The summed E-state index contributed by atoms with van der Waals surface area (Å²) in [5.74, 6) is -1.56. The van der Waals surface area contributed by atoms with E-state index in [0.29, 0.717) is 30.3 Å². The van der Waals surface area contributed by atoms with Gasteiger partial charge in [-0.1, -0.05) is 50.6 Å². The number of ether oxygens (including phenoxy) is 2. The first-order valence-electron chi connectivity index (χ1n) is 16.8. The smallest absolute Gasteiger partial charge is 0.421 e. The van der Waals surface area contributed by atoms with Gasteiger partial charge in [0.2, 0.25) is 5.72 Å². The number of amides is 1. The Hall–Kier alpha value is -3.11. The molecule has 0 radical (unpaired) electrons. The molecule has 7 nitrogen and oxygen atoms in total. The van der Waals surface area contributed by atoms with Crippen molar-refractivity contribution in [3.63, 3.8) is 0 Å². The van der Waals surface area contributed by atoms with Crippen molar-refractivity contribution >= 4 is 18.0 Å². The molecule has 2 aliphatic heterocycles. The van der Waals surface area contributed by atoms with Crippen LogP contribution in [0.3, 0.4) is 0 Å². The lowest BCUT2D eigenvalue weighted by atomic mass is 9.46. The molecular formula is C36H44F3N2O5+. The van der Waals surface area contributed by atoms with Gasteiger partial charge in [0.25, 0.3) is 5.91 Å². The Morgan fingerprint density at radius 1 is 1.17 bits per heavy atom. The Morgan fingerprint density at radius 3 is 2.57 bits per heavy atom. The number of nitrogens with zero attached hydrogens (tertiary/aromatic N) is 1. The second-order valence-corrected chi connectivity index (χ2v) is 15.0. The predicted octanol–water partition coefficient (Wildman–Crippen LogP) is 6.58. The zero-order chi connectivity index (χ0) is 32.6. The summed E-state index contributed by atoms with van der Waals surface area (Å²) in [5.41, 5.74) is -2.85. The van der Waals surface area contributed by atoms with Gasteiger partial charge < -0.3 is 24.4 Å². The summed E-state index contributed by atoms with van der Waals surface area (Å²) in [4.78, 5) is 26.3. The van der Waals surface area contributed by atoms with E-state index < -0.39 is 40.7 Å². The first-order chi connectivity index (χ1) is 21.8. The van der Waals surface area contributed by atoms with Crippen LogP contribution >= 0.6 is 0 Å². The van der Waals surface area contributed by atoms with Gasteiger partial charge in [-0.15, -0.1) is 0 Å². The molecule has 2 N–H and O–H groups in total. The number of alkyl halides is 3. The van der Waals surface area contributed by atoms with E-state index in [4.69, 9.17) is 9.47 Å². The maximum Gasteiger partial charge on any atom is 0.421 e. The van der Waals surface area contributed by atoms with E-state index in [0.717, 1.165) is 49.5 Å². The van der Waals surface area contributed by atoms with Gasteiger partial charge in [0.05, 0.1) is 31.8 Å². The van der Waals surface area contributed by atoms with Gasteiger partial charge in [0.1, 0.15) is 11.3 Å². The standard InChI is InChI=1S/C36H43F3N2O5/c1-21(2)19-41(20-24-12-13-24)15-14-34-26-10-7-11-30(34)46-35(31(45-22(3)42)18-29(43)25(32(34)35)17-28(26)41)40-33(44)27(36(37,38)39)16-23-8-5-4-6-9-23/h4-6,8-9,16,18,21,24,26,28,30,32H,7,10-15,17,19-20H2,1-3H3,(H-,40,43,44)/p+1/t26-,28+,30-,32?,34+,35?,41?/m0/s1. The average molecular weight is 642 g/mol. The van der Waals surface area contributed by atoms with Gasteiger partial charge in [0, 0.05) is 54.9 Å². The number of carbonyl (C=O) groups is 2. The highest BCUT2D eigenvalue weighted by molar-refractivity contribution is 6.00. The number of carbonyl (C=O) groups excluding carboxylic acids is 2. The van der Waals surface area contributed by atoms with Crippen LogP contribution in [0.1, 0.15) is 71.3 Å². The quantitative estimate of drug-likeness (QED) is 0.190. The van der Waals surface area contributed by atoms with Crippen LogP contribution in [-0.4, -0.2) is 65.1 Å². The highest BCUT2D eigenvalue weighted by atomic mass is 19.4. The second kappa shape index (κ2) is 11.0. The molecule has 248 valence electrons. The topological polar surface area (TPSA) is 84.9 Å². The van der Waals surface area contributed by atoms with Crippen LogP contribution in [0.5, 0.6) is 0 Å². The molecule has 1 aromatic carbocycles. The first-order valence-corrected chi connectivity index (χ1v) is 16.8. The number of halogens is 3. The van der Waals surface area contributed by atoms with Crippen molar-refractivity contribution in [2.75, 3.05) is 19.6 Å². The van der Waals surface area contributed by atoms with E-state index in [2.05, 4.69) is 19.2 Å². The number of esters is 1. The van der Waals surface area contributed by atoms with Gasteiger partial charge in [-0.25, -0.2) is 0 Å². The van der Waals surface area contributed by atoms with Crippen molar-refractivity contribution in [2.45, 2.75) is 89.8 Å². The molecule has 1 aromatic rings. The van der Waals surface area contributed by atoms with Crippen molar-refractivity contribution in [1.29, 1.82) is 0 Å². The van der Waals surface area contributed by atoms with Gasteiger partial charge in [0.15, 0.2) is 5.76 Å². The van der Waals surface area contributed by atoms with E-state index in [1.165, 1.54) is 38.0 Å². The molecule has 46 heavy (non-hydrogen) atoms. The summed E-state index contributed by atoms with van der Waals surface area (Å²) < 4.78 is 57.2. The third-order valence-electron chi connectivity index (χ3n) is 11.7. The summed E-state index contributed by atoms with van der Waals surface area (Å²) in [7, 11) is 0. The summed E-state index contributed by atoms with van der Waals surface area (Å²) in [5, 5.41) is 14.3. The van der Waals surface area contributed by atoms with Crippen molar-refractivity contribution in [3.8, 4) is 0 Å². The van der Waals surface area contributed by atoms with Crippen LogP contribution in [0.25, 0.3) is 6.08 Å². The highest BCUT2D eigenvalue weighted by Crippen LogP contribution is 2.71. The van der Waals surface area contributed by atoms with Crippen molar-refractivity contribution in [2.24, 2.45) is 29.1 Å². The molecule has 7 atom stereocenters. The fourth-order valence-electron chi connectivity index (χ4n) is 10.3. The number of hydrogen-bond donors (Lipinski definition) is 2. The minimum atomic E-state index is -4.97. The molecule has 7 rings (SSSR count). The lowest BCUT2D eigenvalue weighted by molar-refractivity contribution is -0.968. The summed E-state index contributed by atoms with van der Waals surface area (Å²) in [6, 6.07) is 8.12. The summed E-state index contributed by atoms with van der Waals surface area (Å²) in [6.07, 6.45) is 3.11. The Labute approximate surface area is 268 Å². The van der Waals surface area contributed by atoms with Gasteiger partial charge in [-0.2, -0.15) is 13.2 Å². The number of allylic oxidation sites excluding steroid dienone is 1. The minimum Gasteiger partial charge on any atom is -0.508 e. The van der Waals surface area contributed by atoms with E-state index in [1.807, 2.05) is 0 Å². The second-order valence-electron chi connectivity index (χ2n) is 15.0. The lowest BCUT2D eigenvalue weighted by Gasteiger charge is -2.65. The highest BCUT2D eigenvalue weighted by Gasteiger charge is 2.78. The number of nitrogens with one attached hydrogen (secondary N) is 1. The minimum absolute atomic E-state index is 0.0318. The SMILES string of the molecule is CC(=O)OC1=CC(O)=C2C[C@@H]3[C@@H]4CCC[C@@H]5OC1(NC(=O)C(=Cc1ccccc1)C(F)(F)F)C2[C@@]54CC[N+]3(CC(C)C)CC1CC1. The Morgan fingerprint density at radius 2 is 1.91 bits per heavy atom. The first kappa shape index (κ1) is 31.5. The molecule has 3 unspecified atom stereocenters. The molecule has 1 amide bonds. The van der Waals surface area contributed by atoms with Crippen LogP contribution in [0.4, 0.5) is 13.2 Å². The van der Waals surface area contributed by atoms with Gasteiger partial charge in [-0.3, -0.25) is 9.59 Å². The number of benzene rings is 1. The van der Waals surface area contributed by atoms with E-state index in [-0.39, 0.29) is 35.1 Å². The number of quaternary nitrogens is 1. The molecule has 5 fully saturated rings. The monoisotopic (exact) mass is 641 g/mol. The Balaban J connectivity index is 1.36. The van der Waals surface area contributed by atoms with Crippen molar-refractivity contribution in [3.05, 3.63) is 64.6 Å². The third kappa shape index (κ3) is 4.93. The summed E-state index contributed by atoms with van der Waals surface area (Å²) in [6.45, 7) is 8.78. The van der Waals surface area contributed by atoms with Crippen molar-refractivity contribution < 1.29 is 41.8 Å². The molecule has 6 aliphatic rings. The van der Waals surface area contributed by atoms with Crippen LogP contribution in [-0.2, 0) is 19.1 Å². The molecule has 0 aromatic heterocycles. The van der Waals surface area contributed by atoms with Crippen LogP contribution in [0.2, 0.25) is 0 Å². The maximum atomic E-state index is 14.5. The van der Waals surface area contributed by atoms with E-state index >= 15 is 0 Å². The fraction of sp³-hybridized carbons (Fsp3) is 0.611. The molecule has 1 spiro atoms. The zero-order valence-electron chi connectivity index (χ0n) is 26.7. The number of aliphatic hydroxyl groups is 1. The zero-order valence-corrected chi connectivity index (χ0v) is 26.7. The average Bonchev–Trinajstić information content (AvgIpc) is 3.74. The number of rotatable bonds is 8. The van der Waals surface area contributed by atoms with E-state index in [9.17, 15) is 27.9 Å². The third-order valence-corrected chi connectivity index (χ3v) is 11.7. The number of likely N-dealkylation sites (tertiary alicyclic amines) is 1. The normalized spacial score (nSPS) is 36.7. The van der Waals surface area contributed by atoms with E-state index in [1.54, 1.807) is 18.2 Å². The maximum absolute atomic E-state index is 14.5. The molecule has 10 heteroatoms. The fourth-order valence-corrected chi connectivity index (χ4v) is 10.3. The Kier molecular flexibility index (Phi) is 7.51. The number of hydrogen-bond acceptors (Lipinski definition) is 5. The number of aliphatic hydroxyl groups excluding tert-OH is 1. The Bertz CT molecular complexity index is 1510. The molecule has 2 heterocycles. The van der Waals surface area contributed by atoms with Crippen LogP contribution in [0.15, 0.2) is 59.1 Å². The van der Waals surface area contributed by atoms with Crippen LogP contribution < -0.4 is 5.32 Å². The molecule has 3 saturated carbocycles. The summed E-state index contributed by atoms with van der Waals surface area (Å²) >= 11 is 0. The number of piperidine rings is 1. The molecule has 4 aliphatic carbocycles. The van der Waals surface area contributed by atoms with Crippen molar-refractivity contribution in [1.82, 2.24) is 5.32 Å². The predicted molar refractivity (Wildman–Crippen MR) is 164 cm³/mol. The largest absolute Gasteiger partial charge is 0.508 e. The molecule has 2 bridgehead atoms. The molecular weight excluding hydrogens is 597 g/mol.